The highest BCUT2D eigenvalue weighted by Crippen LogP contribution is 2.18. The van der Waals surface area contributed by atoms with Gasteiger partial charge in [0.1, 0.15) is 0 Å². The van der Waals surface area contributed by atoms with E-state index in [1.54, 1.807) is 0 Å². The molecule has 4 heteroatoms. The fraction of sp³-hybridized carbons (Fsp3) is 0.409. The third-order valence-corrected chi connectivity index (χ3v) is 5.10. The normalized spacial score (nSPS) is 19.0. The average Bonchev–Trinajstić information content (AvgIpc) is 2.69. The van der Waals surface area contributed by atoms with Gasteiger partial charge in [-0.15, -0.1) is 0 Å². The Bertz CT molecular complexity index is 674. The average molecular weight is 351 g/mol. The quantitative estimate of drug-likeness (QED) is 0.806. The van der Waals surface area contributed by atoms with Crippen molar-refractivity contribution >= 4 is 5.91 Å². The van der Waals surface area contributed by atoms with E-state index in [0.717, 1.165) is 31.5 Å². The van der Waals surface area contributed by atoms with Crippen LogP contribution < -0.4 is 10.6 Å². The molecule has 1 fully saturated rings. The molecule has 4 nitrogen and oxygen atoms in total. The van der Waals surface area contributed by atoms with Crippen molar-refractivity contribution in [3.05, 3.63) is 71.8 Å². The molecule has 1 amide bonds. The lowest BCUT2D eigenvalue weighted by atomic mass is 9.98. The molecule has 2 N–H and O–H groups in total. The van der Waals surface area contributed by atoms with E-state index in [0.29, 0.717) is 12.6 Å². The highest BCUT2D eigenvalue weighted by atomic mass is 16.2. The minimum absolute atomic E-state index is 0.00372. The Labute approximate surface area is 156 Å². The summed E-state index contributed by atoms with van der Waals surface area (Å²) in [7, 11) is 2.00. The van der Waals surface area contributed by atoms with Gasteiger partial charge in [0.05, 0.1) is 12.6 Å². The number of piperidine rings is 1. The maximum Gasteiger partial charge on any atom is 0.234 e. The van der Waals surface area contributed by atoms with Crippen LogP contribution in [-0.4, -0.2) is 43.5 Å². The first-order valence-corrected chi connectivity index (χ1v) is 9.52. The molecule has 0 bridgehead atoms. The lowest BCUT2D eigenvalue weighted by molar-refractivity contribution is -0.123. The molecule has 0 aliphatic carbocycles. The van der Waals surface area contributed by atoms with Crippen LogP contribution in [0.15, 0.2) is 60.7 Å². The van der Waals surface area contributed by atoms with Gasteiger partial charge in [0.25, 0.3) is 0 Å². The lowest BCUT2D eigenvalue weighted by Crippen LogP contribution is -2.48. The number of nitrogens with zero attached hydrogens (tertiary/aromatic N) is 1. The summed E-state index contributed by atoms with van der Waals surface area (Å²) in [4.78, 5) is 15.0. The van der Waals surface area contributed by atoms with Crippen LogP contribution in [0.5, 0.6) is 0 Å². The standard InChI is InChI=1S/C22H29N3O/c1-23-20-13-8-14-25(16-20)17-22(26)24-21(19-11-6-3-7-12-19)15-18-9-4-2-5-10-18/h2-7,9-12,20-21,23H,8,13-17H2,1H3,(H,24,26). The Morgan fingerprint density at radius 3 is 2.50 bits per heavy atom. The summed E-state index contributed by atoms with van der Waals surface area (Å²) < 4.78 is 0. The molecule has 138 valence electrons. The summed E-state index contributed by atoms with van der Waals surface area (Å²) in [5.74, 6) is 0.103. The molecule has 1 saturated heterocycles. The molecule has 1 aliphatic heterocycles. The number of amides is 1. The molecule has 0 radical (unpaired) electrons. The van der Waals surface area contributed by atoms with Gasteiger partial charge >= 0.3 is 0 Å². The van der Waals surface area contributed by atoms with Crippen LogP contribution in [0, 0.1) is 0 Å². The van der Waals surface area contributed by atoms with E-state index in [-0.39, 0.29) is 11.9 Å². The first-order chi connectivity index (χ1) is 12.7. The van der Waals surface area contributed by atoms with Gasteiger partial charge in [0, 0.05) is 12.6 Å². The molecule has 1 heterocycles. The molecule has 2 unspecified atom stereocenters. The molecular weight excluding hydrogens is 322 g/mol. The first-order valence-electron chi connectivity index (χ1n) is 9.52. The van der Waals surface area contributed by atoms with Gasteiger partial charge in [-0.3, -0.25) is 9.69 Å². The van der Waals surface area contributed by atoms with E-state index in [4.69, 9.17) is 0 Å². The Balaban J connectivity index is 1.64. The zero-order chi connectivity index (χ0) is 18.2. The van der Waals surface area contributed by atoms with E-state index in [9.17, 15) is 4.79 Å². The number of hydrogen-bond acceptors (Lipinski definition) is 3. The minimum Gasteiger partial charge on any atom is -0.348 e. The van der Waals surface area contributed by atoms with Gasteiger partial charge in [0.2, 0.25) is 5.91 Å². The molecule has 0 aromatic heterocycles. The van der Waals surface area contributed by atoms with E-state index in [1.165, 1.54) is 12.0 Å². The van der Waals surface area contributed by atoms with Crippen molar-refractivity contribution in [2.75, 3.05) is 26.7 Å². The van der Waals surface area contributed by atoms with Crippen molar-refractivity contribution in [1.29, 1.82) is 0 Å². The highest BCUT2D eigenvalue weighted by Gasteiger charge is 2.22. The van der Waals surface area contributed by atoms with Crippen LogP contribution in [0.4, 0.5) is 0 Å². The van der Waals surface area contributed by atoms with Crippen molar-refractivity contribution < 1.29 is 4.79 Å². The summed E-state index contributed by atoms with van der Waals surface area (Å²) in [5, 5.41) is 6.59. The molecule has 0 spiro atoms. The van der Waals surface area contributed by atoms with Gasteiger partial charge in [-0.2, -0.15) is 0 Å². The smallest absolute Gasteiger partial charge is 0.234 e. The Hall–Kier alpha value is -2.17. The summed E-state index contributed by atoms with van der Waals surface area (Å²) >= 11 is 0. The van der Waals surface area contributed by atoms with Gasteiger partial charge in [0.15, 0.2) is 0 Å². The van der Waals surface area contributed by atoms with Gasteiger partial charge in [-0.05, 0) is 44.0 Å². The second-order valence-electron chi connectivity index (χ2n) is 7.08. The number of nitrogens with one attached hydrogen (secondary N) is 2. The van der Waals surface area contributed by atoms with Crippen LogP contribution in [-0.2, 0) is 11.2 Å². The molecule has 0 saturated carbocycles. The second kappa shape index (κ2) is 9.51. The summed E-state index contributed by atoms with van der Waals surface area (Å²) in [6, 6.07) is 21.1. The Kier molecular flexibility index (Phi) is 6.81. The van der Waals surface area contributed by atoms with Crippen LogP contribution >= 0.6 is 0 Å². The first kappa shape index (κ1) is 18.6. The van der Waals surface area contributed by atoms with E-state index in [2.05, 4.69) is 39.8 Å². The predicted molar refractivity (Wildman–Crippen MR) is 106 cm³/mol. The monoisotopic (exact) mass is 351 g/mol. The van der Waals surface area contributed by atoms with E-state index < -0.39 is 0 Å². The number of rotatable bonds is 7. The van der Waals surface area contributed by atoms with Gasteiger partial charge in [-0.25, -0.2) is 0 Å². The van der Waals surface area contributed by atoms with Crippen LogP contribution in [0.3, 0.4) is 0 Å². The second-order valence-corrected chi connectivity index (χ2v) is 7.08. The largest absolute Gasteiger partial charge is 0.348 e. The molecule has 3 rings (SSSR count). The molecule has 1 aliphatic rings. The fourth-order valence-corrected chi connectivity index (χ4v) is 3.67. The summed E-state index contributed by atoms with van der Waals surface area (Å²) in [5.41, 5.74) is 2.38. The Morgan fingerprint density at radius 2 is 1.81 bits per heavy atom. The van der Waals surface area contributed by atoms with Crippen LogP contribution in [0.2, 0.25) is 0 Å². The Morgan fingerprint density at radius 1 is 1.12 bits per heavy atom. The topological polar surface area (TPSA) is 44.4 Å². The van der Waals surface area contributed by atoms with Crippen molar-refractivity contribution in [2.24, 2.45) is 0 Å². The number of likely N-dealkylation sites (N-methyl/N-ethyl adjacent to an activating group) is 1. The van der Waals surface area contributed by atoms with Crippen molar-refractivity contribution in [3.63, 3.8) is 0 Å². The zero-order valence-electron chi connectivity index (χ0n) is 15.5. The molecule has 2 aromatic carbocycles. The maximum absolute atomic E-state index is 12.7. The number of carbonyl (C=O) groups excluding carboxylic acids is 1. The molecule has 2 atom stereocenters. The van der Waals surface area contributed by atoms with Crippen molar-refractivity contribution in [2.45, 2.75) is 31.3 Å². The lowest BCUT2D eigenvalue weighted by Gasteiger charge is -2.32. The third-order valence-electron chi connectivity index (χ3n) is 5.10. The van der Waals surface area contributed by atoms with Gasteiger partial charge < -0.3 is 10.6 Å². The minimum atomic E-state index is -0.00372. The zero-order valence-corrected chi connectivity index (χ0v) is 15.5. The highest BCUT2D eigenvalue weighted by molar-refractivity contribution is 5.78. The van der Waals surface area contributed by atoms with Crippen LogP contribution in [0.25, 0.3) is 0 Å². The molecular formula is C22H29N3O. The predicted octanol–water partition coefficient (Wildman–Crippen LogP) is 2.77. The van der Waals surface area contributed by atoms with Crippen molar-refractivity contribution in [1.82, 2.24) is 15.5 Å². The number of hydrogen-bond donors (Lipinski definition) is 2. The van der Waals surface area contributed by atoms with Gasteiger partial charge in [-0.1, -0.05) is 60.7 Å². The van der Waals surface area contributed by atoms with E-state index >= 15 is 0 Å². The molecule has 26 heavy (non-hydrogen) atoms. The summed E-state index contributed by atoms with van der Waals surface area (Å²) in [6.45, 7) is 2.41. The number of carbonyl (C=O) groups is 1. The third kappa shape index (κ3) is 5.41. The van der Waals surface area contributed by atoms with E-state index in [1.807, 2.05) is 43.4 Å². The number of likely N-dealkylation sites (tertiary alicyclic amines) is 1. The SMILES string of the molecule is CNC1CCCN(CC(=O)NC(Cc2ccccc2)c2ccccc2)C1. The molecule has 2 aromatic rings. The van der Waals surface area contributed by atoms with Crippen molar-refractivity contribution in [3.8, 4) is 0 Å². The fourth-order valence-electron chi connectivity index (χ4n) is 3.67. The van der Waals surface area contributed by atoms with Crippen LogP contribution in [0.1, 0.15) is 30.0 Å². The summed E-state index contributed by atoms with van der Waals surface area (Å²) in [6.07, 6.45) is 3.13. The maximum atomic E-state index is 12.7. The number of benzene rings is 2.